The number of halogens is 2. The van der Waals surface area contributed by atoms with Crippen LogP contribution in [0, 0.1) is 9.49 Å². The minimum absolute atomic E-state index is 0.229. The summed E-state index contributed by atoms with van der Waals surface area (Å²) in [5.74, 6) is 0.871. The molecule has 0 saturated heterocycles. The van der Waals surface area contributed by atoms with Crippen LogP contribution in [0.2, 0.25) is 0 Å². The van der Waals surface area contributed by atoms with Crippen molar-refractivity contribution in [2.75, 3.05) is 23.8 Å². The molecule has 0 fully saturated rings. The van der Waals surface area contributed by atoms with E-state index < -0.39 is 6.09 Å². The Kier molecular flexibility index (Phi) is 8.64. The van der Waals surface area contributed by atoms with E-state index in [0.29, 0.717) is 30.3 Å². The number of anilines is 2. The maximum absolute atomic E-state index is 12.9. The lowest BCUT2D eigenvalue weighted by Gasteiger charge is -2.24. The van der Waals surface area contributed by atoms with E-state index in [1.165, 1.54) is 5.54 Å². The summed E-state index contributed by atoms with van der Waals surface area (Å²) in [4.78, 5) is 14.5. The second-order valence-electron chi connectivity index (χ2n) is 7.73. The molecule has 32 heavy (non-hydrogen) atoms. The summed E-state index contributed by atoms with van der Waals surface area (Å²) >= 11 is 8.01. The molecule has 3 aromatic rings. The third-order valence-electron chi connectivity index (χ3n) is 4.70. The standard InChI is InChI=1S/C25H26ClIN2O3/c1-17(2)15-32-25(30)29(12-6-11-26)22-14-23(31-16-18-7-4-3-5-8-18)21-13-19(28)9-10-20(21)24(22)27/h3-11,13-14,17H,12,15-16,28H2,1-2H3/b11-6+. The fourth-order valence-corrected chi connectivity index (χ4v) is 4.14. The minimum Gasteiger partial charge on any atom is -0.488 e. The van der Waals surface area contributed by atoms with E-state index in [9.17, 15) is 4.79 Å². The first-order chi connectivity index (χ1) is 15.4. The molecular weight excluding hydrogens is 539 g/mol. The van der Waals surface area contributed by atoms with E-state index in [0.717, 1.165) is 19.9 Å². The van der Waals surface area contributed by atoms with Crippen LogP contribution in [0.3, 0.4) is 0 Å². The van der Waals surface area contributed by atoms with Gasteiger partial charge in [0.05, 0.1) is 12.3 Å². The van der Waals surface area contributed by atoms with Crippen LogP contribution >= 0.6 is 34.2 Å². The lowest BCUT2D eigenvalue weighted by molar-refractivity contribution is 0.140. The van der Waals surface area contributed by atoms with Crippen molar-refractivity contribution >= 4 is 62.4 Å². The Morgan fingerprint density at radius 2 is 1.91 bits per heavy atom. The molecule has 3 aromatic carbocycles. The van der Waals surface area contributed by atoms with Gasteiger partial charge in [0.15, 0.2) is 0 Å². The number of nitrogens with two attached hydrogens (primary N) is 1. The van der Waals surface area contributed by atoms with Crippen molar-refractivity contribution in [2.24, 2.45) is 5.92 Å². The SMILES string of the molecule is CC(C)COC(=O)N(C/C=C/Cl)c1cc(OCc2ccccc2)c2cc(N)ccc2c1I. The molecular formula is C25H26ClIN2O3. The Morgan fingerprint density at radius 3 is 2.59 bits per heavy atom. The molecule has 1 amide bonds. The molecule has 0 atom stereocenters. The van der Waals surface area contributed by atoms with Gasteiger partial charge in [0, 0.05) is 38.2 Å². The number of benzene rings is 3. The van der Waals surface area contributed by atoms with E-state index in [-0.39, 0.29) is 12.5 Å². The highest BCUT2D eigenvalue weighted by Gasteiger charge is 2.22. The van der Waals surface area contributed by atoms with Gasteiger partial charge in [-0.3, -0.25) is 4.90 Å². The van der Waals surface area contributed by atoms with Crippen LogP contribution in [0.15, 0.2) is 66.2 Å². The Morgan fingerprint density at radius 1 is 1.16 bits per heavy atom. The number of carbonyl (C=O) groups is 1. The van der Waals surface area contributed by atoms with Crippen molar-refractivity contribution in [2.45, 2.75) is 20.5 Å². The summed E-state index contributed by atoms with van der Waals surface area (Å²) in [6.45, 7) is 4.99. The highest BCUT2D eigenvalue weighted by molar-refractivity contribution is 14.1. The van der Waals surface area contributed by atoms with Gasteiger partial charge in [-0.1, -0.05) is 67.9 Å². The fraction of sp³-hybridized carbons (Fsp3) is 0.240. The Labute approximate surface area is 207 Å². The molecule has 0 bridgehead atoms. The molecule has 0 heterocycles. The van der Waals surface area contributed by atoms with Crippen LogP contribution in [0.1, 0.15) is 19.4 Å². The van der Waals surface area contributed by atoms with Gasteiger partial charge in [0.1, 0.15) is 12.4 Å². The Hall–Kier alpha value is -2.45. The molecule has 5 nitrogen and oxygen atoms in total. The van der Waals surface area contributed by atoms with Crippen LogP contribution in [0.25, 0.3) is 10.8 Å². The summed E-state index contributed by atoms with van der Waals surface area (Å²) in [5, 5.41) is 1.83. The molecule has 168 valence electrons. The predicted octanol–water partition coefficient (Wildman–Crippen LogP) is 6.96. The molecule has 0 aliphatic rings. The maximum Gasteiger partial charge on any atom is 0.414 e. The molecule has 0 aliphatic heterocycles. The average Bonchev–Trinajstić information content (AvgIpc) is 2.79. The summed E-state index contributed by atoms with van der Waals surface area (Å²) in [6.07, 6.45) is 1.27. The van der Waals surface area contributed by atoms with Gasteiger partial charge < -0.3 is 15.2 Å². The van der Waals surface area contributed by atoms with Gasteiger partial charge in [-0.25, -0.2) is 4.79 Å². The highest BCUT2D eigenvalue weighted by Crippen LogP contribution is 2.39. The summed E-state index contributed by atoms with van der Waals surface area (Å²) < 4.78 is 12.6. The third-order valence-corrected chi connectivity index (χ3v) is 6.02. The van der Waals surface area contributed by atoms with Crippen molar-refractivity contribution in [1.82, 2.24) is 0 Å². The molecule has 7 heteroatoms. The van der Waals surface area contributed by atoms with Crippen LogP contribution in [0.5, 0.6) is 5.75 Å². The number of rotatable bonds is 8. The van der Waals surface area contributed by atoms with E-state index in [2.05, 4.69) is 22.6 Å². The maximum atomic E-state index is 12.9. The summed E-state index contributed by atoms with van der Waals surface area (Å²) in [7, 11) is 0. The number of amides is 1. The molecule has 0 unspecified atom stereocenters. The first-order valence-corrected chi connectivity index (χ1v) is 11.8. The second-order valence-corrected chi connectivity index (χ2v) is 9.06. The molecule has 0 aromatic heterocycles. The normalized spacial score (nSPS) is 11.3. The molecule has 0 radical (unpaired) electrons. The zero-order valence-corrected chi connectivity index (χ0v) is 21.0. The molecule has 2 N–H and O–H groups in total. The van der Waals surface area contributed by atoms with Crippen LogP contribution < -0.4 is 15.4 Å². The number of ether oxygens (including phenoxy) is 2. The summed E-state index contributed by atoms with van der Waals surface area (Å²) in [5.41, 5.74) is 9.83. The Balaban J connectivity index is 2.06. The van der Waals surface area contributed by atoms with Gasteiger partial charge in [-0.2, -0.15) is 0 Å². The fourth-order valence-electron chi connectivity index (χ4n) is 3.14. The zero-order chi connectivity index (χ0) is 23.1. The van der Waals surface area contributed by atoms with E-state index >= 15 is 0 Å². The van der Waals surface area contributed by atoms with Crippen molar-refractivity contribution in [3.05, 3.63) is 75.3 Å². The molecule has 0 aliphatic carbocycles. The molecule has 3 rings (SSSR count). The highest BCUT2D eigenvalue weighted by atomic mass is 127. The smallest absolute Gasteiger partial charge is 0.414 e. The number of nitrogen functional groups attached to an aromatic ring is 1. The number of fused-ring (bicyclic) bond motifs is 1. The first-order valence-electron chi connectivity index (χ1n) is 10.3. The van der Waals surface area contributed by atoms with Crippen molar-refractivity contribution in [3.8, 4) is 5.75 Å². The number of hydrogen-bond donors (Lipinski definition) is 1. The van der Waals surface area contributed by atoms with Crippen LogP contribution in [0.4, 0.5) is 16.2 Å². The summed E-state index contributed by atoms with van der Waals surface area (Å²) in [6, 6.07) is 17.5. The Bertz CT molecular complexity index is 1100. The number of carbonyl (C=O) groups excluding carboxylic acids is 1. The minimum atomic E-state index is -0.435. The largest absolute Gasteiger partial charge is 0.488 e. The quantitative estimate of drug-likeness (QED) is 0.237. The molecule has 0 saturated carbocycles. The number of nitrogens with zero attached hydrogens (tertiary/aromatic N) is 1. The average molecular weight is 565 g/mol. The predicted molar refractivity (Wildman–Crippen MR) is 140 cm³/mol. The van der Waals surface area contributed by atoms with Crippen LogP contribution in [-0.2, 0) is 11.3 Å². The van der Waals surface area contributed by atoms with Gasteiger partial charge in [-0.05, 0) is 46.2 Å². The van der Waals surface area contributed by atoms with Gasteiger partial charge >= 0.3 is 6.09 Å². The van der Waals surface area contributed by atoms with Gasteiger partial charge in [0.25, 0.3) is 0 Å². The van der Waals surface area contributed by atoms with E-state index in [1.54, 1.807) is 11.0 Å². The van der Waals surface area contributed by atoms with Crippen molar-refractivity contribution in [1.29, 1.82) is 0 Å². The lowest BCUT2D eigenvalue weighted by Crippen LogP contribution is -2.33. The zero-order valence-electron chi connectivity index (χ0n) is 18.1. The van der Waals surface area contributed by atoms with Crippen molar-refractivity contribution in [3.63, 3.8) is 0 Å². The topological polar surface area (TPSA) is 64.8 Å². The van der Waals surface area contributed by atoms with E-state index in [1.807, 2.05) is 68.4 Å². The van der Waals surface area contributed by atoms with Gasteiger partial charge in [0.2, 0.25) is 0 Å². The van der Waals surface area contributed by atoms with Gasteiger partial charge in [-0.15, -0.1) is 0 Å². The third kappa shape index (κ3) is 6.07. The van der Waals surface area contributed by atoms with Crippen LogP contribution in [-0.4, -0.2) is 19.2 Å². The van der Waals surface area contributed by atoms with E-state index in [4.69, 9.17) is 26.8 Å². The number of hydrogen-bond acceptors (Lipinski definition) is 4. The monoisotopic (exact) mass is 564 g/mol. The molecule has 0 spiro atoms. The second kappa shape index (κ2) is 11.4. The first kappa shape index (κ1) is 24.2. The van der Waals surface area contributed by atoms with Crippen molar-refractivity contribution < 1.29 is 14.3 Å². The lowest BCUT2D eigenvalue weighted by atomic mass is 10.1.